The minimum absolute atomic E-state index is 0.00955. The molecule has 1 fully saturated rings. The Bertz CT molecular complexity index is 1160. The molecule has 0 saturated heterocycles. The second-order valence-corrected chi connectivity index (χ2v) is 9.55. The van der Waals surface area contributed by atoms with Crippen LogP contribution in [0.2, 0.25) is 0 Å². The molecule has 0 atom stereocenters. The lowest BCUT2D eigenvalue weighted by molar-refractivity contribution is -0.125. The molecule has 1 aliphatic carbocycles. The van der Waals surface area contributed by atoms with Crippen LogP contribution < -0.4 is 21.3 Å². The molecular formula is C21H27F2N7O5S. The summed E-state index contributed by atoms with van der Waals surface area (Å²) in [6, 6.07) is 5.40. The van der Waals surface area contributed by atoms with Crippen LogP contribution in [0.5, 0.6) is 0 Å². The largest absolute Gasteiger partial charge is 0.393 e. The van der Waals surface area contributed by atoms with Crippen LogP contribution in [0, 0.1) is 5.92 Å². The molecule has 3 rings (SSSR count). The summed E-state index contributed by atoms with van der Waals surface area (Å²) < 4.78 is 51.2. The summed E-state index contributed by atoms with van der Waals surface area (Å²) in [5.41, 5.74) is 5.54. The first-order valence-electron chi connectivity index (χ1n) is 11.0. The smallest absolute Gasteiger partial charge is 0.345 e. The molecule has 6 N–H and O–H groups in total. The number of ether oxygens (including phenoxy) is 1. The first-order valence-corrected chi connectivity index (χ1v) is 12.6. The summed E-state index contributed by atoms with van der Waals surface area (Å²) in [6.07, 6.45) is 5.37. The maximum Gasteiger partial charge on any atom is 0.345 e. The number of alkyl halides is 2. The number of halogens is 2. The number of aliphatic imine (C=N–C) groups is 1. The molecule has 0 bridgehead atoms. The van der Waals surface area contributed by atoms with E-state index in [0.717, 1.165) is 12.8 Å². The third-order valence-corrected chi connectivity index (χ3v) is 6.22. The highest BCUT2D eigenvalue weighted by Gasteiger charge is 2.19. The molecule has 0 aliphatic heterocycles. The van der Waals surface area contributed by atoms with Crippen molar-refractivity contribution < 1.29 is 31.8 Å². The van der Waals surface area contributed by atoms with Crippen LogP contribution in [-0.2, 0) is 14.8 Å². The van der Waals surface area contributed by atoms with Crippen molar-refractivity contribution in [1.82, 2.24) is 15.4 Å². The molecule has 15 heteroatoms. The molecule has 1 saturated carbocycles. The number of amides is 1. The summed E-state index contributed by atoms with van der Waals surface area (Å²) in [5.74, 6) is -0.394. The predicted octanol–water partition coefficient (Wildman–Crippen LogP) is 1.79. The quantitative estimate of drug-likeness (QED) is 0.165. The van der Waals surface area contributed by atoms with Crippen molar-refractivity contribution in [1.29, 1.82) is 0 Å². The van der Waals surface area contributed by atoms with Crippen molar-refractivity contribution in [2.24, 2.45) is 16.0 Å². The maximum atomic E-state index is 12.8. The van der Waals surface area contributed by atoms with Crippen molar-refractivity contribution in [3.8, 4) is 0 Å². The van der Waals surface area contributed by atoms with Crippen LogP contribution in [0.25, 0.3) is 0 Å². The Labute approximate surface area is 206 Å². The van der Waals surface area contributed by atoms with E-state index in [1.54, 1.807) is 6.21 Å². The number of hydrazine groups is 1. The van der Waals surface area contributed by atoms with Crippen molar-refractivity contribution >= 4 is 39.6 Å². The van der Waals surface area contributed by atoms with Gasteiger partial charge in [-0.25, -0.2) is 23.5 Å². The van der Waals surface area contributed by atoms with Gasteiger partial charge in [0.05, 0.1) is 23.3 Å². The Morgan fingerprint density at radius 1 is 1.25 bits per heavy atom. The maximum absolute atomic E-state index is 12.8. The zero-order chi connectivity index (χ0) is 26.1. The monoisotopic (exact) mass is 527 g/mol. The topological polar surface area (TPSA) is 181 Å². The lowest BCUT2D eigenvalue weighted by Crippen LogP contribution is -2.30. The first-order chi connectivity index (χ1) is 17.1. The Kier molecular flexibility index (Phi) is 9.58. The number of nitrogens with one attached hydrogen (secondary N) is 3. The van der Waals surface area contributed by atoms with Gasteiger partial charge >= 0.3 is 6.61 Å². The fraction of sp³-hybridized carbons (Fsp3) is 0.429. The molecule has 36 heavy (non-hydrogen) atoms. The molecule has 1 aromatic heterocycles. The number of nitrogens with two attached hydrogens (primary N) is 1. The van der Waals surface area contributed by atoms with Gasteiger partial charge < -0.3 is 15.2 Å². The molecule has 0 spiro atoms. The average Bonchev–Trinajstić information content (AvgIpc) is 2.84. The van der Waals surface area contributed by atoms with Crippen LogP contribution >= 0.6 is 0 Å². The summed E-state index contributed by atoms with van der Waals surface area (Å²) in [7, 11) is -3.85. The number of aromatic nitrogens is 2. The number of nitrogens with zero attached hydrogens (tertiary/aromatic N) is 3. The number of hydrogen-bond donors (Lipinski definition) is 5. The van der Waals surface area contributed by atoms with Gasteiger partial charge in [0, 0.05) is 19.0 Å². The van der Waals surface area contributed by atoms with E-state index in [0.29, 0.717) is 18.5 Å². The number of benzene rings is 1. The summed E-state index contributed by atoms with van der Waals surface area (Å²) >= 11 is 0. The number of carbonyl (C=O) groups excluding carboxylic acids is 1. The van der Waals surface area contributed by atoms with Crippen molar-refractivity contribution in [2.75, 3.05) is 23.9 Å². The van der Waals surface area contributed by atoms with Crippen LogP contribution in [0.3, 0.4) is 0 Å². The molecular weight excluding hydrogens is 500 g/mol. The fourth-order valence-electron chi connectivity index (χ4n) is 3.38. The summed E-state index contributed by atoms with van der Waals surface area (Å²) in [4.78, 5) is 25.3. The molecule has 0 unspecified atom stereocenters. The van der Waals surface area contributed by atoms with Gasteiger partial charge in [0.15, 0.2) is 5.82 Å². The zero-order valence-electron chi connectivity index (χ0n) is 19.1. The van der Waals surface area contributed by atoms with E-state index >= 15 is 0 Å². The average molecular weight is 528 g/mol. The Morgan fingerprint density at radius 2 is 1.94 bits per heavy atom. The molecule has 196 valence electrons. The first kappa shape index (κ1) is 27.3. The lowest BCUT2D eigenvalue weighted by Gasteiger charge is -2.22. The zero-order valence-corrected chi connectivity index (χ0v) is 19.9. The van der Waals surface area contributed by atoms with E-state index < -0.39 is 22.5 Å². The Balaban J connectivity index is 1.71. The van der Waals surface area contributed by atoms with Crippen molar-refractivity contribution in [3.63, 3.8) is 0 Å². The van der Waals surface area contributed by atoms with Gasteiger partial charge in [-0.05, 0) is 55.9 Å². The van der Waals surface area contributed by atoms with Gasteiger partial charge in [0.2, 0.25) is 16.0 Å². The van der Waals surface area contributed by atoms with E-state index in [4.69, 9.17) is 5.14 Å². The summed E-state index contributed by atoms with van der Waals surface area (Å²) in [5, 5.41) is 17.5. The number of hydrogen-bond acceptors (Lipinski definition) is 10. The van der Waals surface area contributed by atoms with Gasteiger partial charge in [0.25, 0.3) is 5.91 Å². The van der Waals surface area contributed by atoms with Gasteiger partial charge in [-0.1, -0.05) is 0 Å². The predicted molar refractivity (Wildman–Crippen MR) is 127 cm³/mol. The van der Waals surface area contributed by atoms with Crippen molar-refractivity contribution in [3.05, 3.63) is 36.0 Å². The third-order valence-electron chi connectivity index (χ3n) is 5.29. The Morgan fingerprint density at radius 3 is 2.58 bits per heavy atom. The second-order valence-electron chi connectivity index (χ2n) is 7.98. The van der Waals surface area contributed by atoms with Crippen LogP contribution in [0.15, 0.2) is 40.4 Å². The van der Waals surface area contributed by atoms with E-state index in [9.17, 15) is 27.1 Å². The van der Waals surface area contributed by atoms with Gasteiger partial charge in [-0.15, -0.1) is 0 Å². The van der Waals surface area contributed by atoms with Crippen LogP contribution in [0.4, 0.5) is 26.2 Å². The van der Waals surface area contributed by atoms with Gasteiger partial charge in [-0.2, -0.15) is 13.8 Å². The van der Waals surface area contributed by atoms with Gasteiger partial charge in [-0.3, -0.25) is 15.6 Å². The highest BCUT2D eigenvalue weighted by atomic mass is 32.2. The minimum atomic E-state index is -3.85. The number of anilines is 2. The molecule has 2 aromatic rings. The van der Waals surface area contributed by atoms with E-state index in [-0.39, 0.29) is 47.4 Å². The number of aliphatic hydroxyl groups is 1. The normalized spacial score (nSPS) is 18.4. The third kappa shape index (κ3) is 8.44. The van der Waals surface area contributed by atoms with E-state index in [1.165, 1.54) is 30.5 Å². The molecule has 1 heterocycles. The molecule has 1 amide bonds. The van der Waals surface area contributed by atoms with Crippen LogP contribution in [0.1, 0.15) is 36.0 Å². The van der Waals surface area contributed by atoms with Crippen LogP contribution in [-0.4, -0.2) is 61.5 Å². The minimum Gasteiger partial charge on any atom is -0.393 e. The second kappa shape index (κ2) is 12.6. The molecule has 1 aliphatic rings. The lowest BCUT2D eigenvalue weighted by atomic mass is 9.88. The molecule has 1 aromatic carbocycles. The van der Waals surface area contributed by atoms with E-state index in [2.05, 4.69) is 35.9 Å². The standard InChI is InChI=1S/C21H27F2N7O5S/c22-20(23)35-10-9-25-21-27-12-17(18(28-21)26-11-13-1-5-15(31)6-2-13)19(32)30-29-14-3-7-16(8-4-14)36(24,33)34/h3-4,7-8,11-13,15,20,29,31H,1-2,5-6,9-10H2,(H,30,32)(H2,24,33,34)(H,25,27,28)/b26-11-. The Hall–Kier alpha value is -3.27. The number of aliphatic hydroxyl groups excluding tert-OH is 1. The molecule has 12 nitrogen and oxygen atoms in total. The SMILES string of the molecule is NS(=O)(=O)c1ccc(NNC(=O)c2cnc(NCCOC(F)F)nc2/N=C\C2CCC(O)CC2)cc1. The van der Waals surface area contributed by atoms with E-state index in [1.807, 2.05) is 0 Å². The number of sulfonamides is 1. The van der Waals surface area contributed by atoms with Gasteiger partial charge in [0.1, 0.15) is 5.56 Å². The van der Waals surface area contributed by atoms with Crippen molar-refractivity contribution in [2.45, 2.75) is 43.3 Å². The highest BCUT2D eigenvalue weighted by Crippen LogP contribution is 2.24. The number of rotatable bonds is 11. The highest BCUT2D eigenvalue weighted by molar-refractivity contribution is 7.89. The molecule has 0 radical (unpaired) electrons. The number of carbonyl (C=O) groups is 1. The fourth-order valence-corrected chi connectivity index (χ4v) is 3.89. The number of primary sulfonamides is 1. The summed E-state index contributed by atoms with van der Waals surface area (Å²) in [6.45, 7) is -3.16.